The van der Waals surface area contributed by atoms with Gasteiger partial charge in [-0.25, -0.2) is 0 Å². The molecule has 0 radical (unpaired) electrons. The molecule has 0 heterocycles. The van der Waals surface area contributed by atoms with E-state index in [1.54, 1.807) is 0 Å². The first-order valence-electron chi connectivity index (χ1n) is 13.0. The molecule has 1 aromatic carbocycles. The fraction of sp³-hybridized carbons (Fsp3) is 0.793. The van der Waals surface area contributed by atoms with Crippen LogP contribution in [0.5, 0.6) is 0 Å². The molecule has 0 saturated heterocycles. The van der Waals surface area contributed by atoms with Crippen LogP contribution in [0.1, 0.15) is 123 Å². The zero-order valence-corrected chi connectivity index (χ0v) is 20.6. The maximum atomic E-state index is 2.36. The van der Waals surface area contributed by atoms with Gasteiger partial charge in [0.15, 0.2) is 0 Å². The van der Waals surface area contributed by atoms with Crippen LogP contribution in [-0.2, 0) is 0 Å². The Kier molecular flexibility index (Phi) is 15.4. The number of hydrogen-bond donors (Lipinski definition) is 0. The molecule has 0 atom stereocenters. The van der Waals surface area contributed by atoms with Crippen molar-refractivity contribution in [1.82, 2.24) is 0 Å². The van der Waals surface area contributed by atoms with Gasteiger partial charge < -0.3 is 0 Å². The van der Waals surface area contributed by atoms with Gasteiger partial charge in [0.1, 0.15) is 0 Å². The van der Waals surface area contributed by atoms with Crippen LogP contribution in [-0.4, -0.2) is 0 Å². The van der Waals surface area contributed by atoms with Gasteiger partial charge in [-0.05, 0) is 30.6 Å². The summed E-state index contributed by atoms with van der Waals surface area (Å²) in [6, 6.07) is 10.3. The smallest absolute Gasteiger partial charge is 0.0398 e. The minimum atomic E-state index is 1.04. The van der Waals surface area contributed by atoms with Crippen molar-refractivity contribution in [2.24, 2.45) is 23.7 Å². The van der Waals surface area contributed by atoms with Gasteiger partial charge >= 0.3 is 0 Å². The molecule has 4 saturated carbocycles. The lowest BCUT2D eigenvalue weighted by molar-refractivity contribution is 0.346. The Balaban J connectivity index is 0.000000184. The van der Waals surface area contributed by atoms with Gasteiger partial charge in [0.2, 0.25) is 0 Å². The first-order chi connectivity index (χ1) is 14.0. The topological polar surface area (TPSA) is 0 Å². The van der Waals surface area contributed by atoms with Crippen molar-refractivity contribution < 1.29 is 0 Å². The van der Waals surface area contributed by atoms with Crippen LogP contribution in [0.2, 0.25) is 0 Å². The molecule has 0 spiro atoms. The van der Waals surface area contributed by atoms with Gasteiger partial charge in [-0.1, -0.05) is 153 Å². The monoisotopic (exact) mass is 400 g/mol. The molecule has 4 aliphatic carbocycles. The Labute approximate surface area is 184 Å². The molecule has 1 aromatic rings. The fourth-order valence-corrected chi connectivity index (χ4v) is 3.75. The standard InChI is InChI=1S/C7H14.C7H8.C6H12.C5H10.C4H8/c2*1-7-5-3-2-4-6-7;1-6-4-2-3-5-6;1-5-3-2-4-5;1-4-2-3-4/h7H,2-6H2,1H3;2-6H,1H3;6H,2-5H2,1H3;5H,2-4H2,1H3;4H,2-3H2,1H3. The Hall–Kier alpha value is -0.780. The molecule has 0 aliphatic heterocycles. The average Bonchev–Trinajstić information content (AvgIpc) is 3.33. The van der Waals surface area contributed by atoms with Crippen molar-refractivity contribution in [2.45, 2.75) is 125 Å². The van der Waals surface area contributed by atoms with E-state index in [9.17, 15) is 0 Å². The van der Waals surface area contributed by atoms with Crippen LogP contribution in [0.4, 0.5) is 0 Å². The van der Waals surface area contributed by atoms with E-state index in [0.29, 0.717) is 0 Å². The molecule has 4 fully saturated rings. The van der Waals surface area contributed by atoms with Gasteiger partial charge in [0.25, 0.3) is 0 Å². The third kappa shape index (κ3) is 17.8. The van der Waals surface area contributed by atoms with Crippen molar-refractivity contribution in [3.05, 3.63) is 35.9 Å². The first kappa shape index (κ1) is 26.3. The molecule has 0 bridgehead atoms. The molecule has 0 N–H and O–H groups in total. The third-order valence-electron chi connectivity index (χ3n) is 6.74. The number of rotatable bonds is 0. The SMILES string of the molecule is CC1CC1.CC1CCC1.CC1CCCC1.CC1CCCCC1.Cc1ccccc1. The van der Waals surface area contributed by atoms with Gasteiger partial charge in [-0.2, -0.15) is 0 Å². The van der Waals surface area contributed by atoms with Crippen LogP contribution >= 0.6 is 0 Å². The molecule has 168 valence electrons. The normalized spacial score (nSPS) is 21.6. The Morgan fingerprint density at radius 3 is 0.931 bits per heavy atom. The second-order valence-corrected chi connectivity index (χ2v) is 10.5. The van der Waals surface area contributed by atoms with Crippen molar-refractivity contribution >= 4 is 0 Å². The highest BCUT2D eigenvalue weighted by Gasteiger charge is 2.12. The maximum absolute atomic E-state index is 2.36. The first-order valence-corrected chi connectivity index (χ1v) is 13.0. The van der Waals surface area contributed by atoms with Gasteiger partial charge in [-0.3, -0.25) is 0 Å². The van der Waals surface area contributed by atoms with Crippen molar-refractivity contribution in [1.29, 1.82) is 0 Å². The Morgan fingerprint density at radius 2 is 0.793 bits per heavy atom. The minimum absolute atomic E-state index is 1.04. The summed E-state index contributed by atoms with van der Waals surface area (Å²) in [7, 11) is 0. The Morgan fingerprint density at radius 1 is 0.448 bits per heavy atom. The molecule has 0 unspecified atom stereocenters. The molecule has 0 nitrogen and oxygen atoms in total. The molecule has 29 heavy (non-hydrogen) atoms. The van der Waals surface area contributed by atoms with Crippen LogP contribution in [0, 0.1) is 30.6 Å². The lowest BCUT2D eigenvalue weighted by Gasteiger charge is -2.18. The second kappa shape index (κ2) is 17.0. The molecular weight excluding hydrogens is 348 g/mol. The van der Waals surface area contributed by atoms with E-state index in [2.05, 4.69) is 46.8 Å². The van der Waals surface area contributed by atoms with E-state index >= 15 is 0 Å². The molecule has 0 amide bonds. The summed E-state index contributed by atoms with van der Waals surface area (Å²) in [4.78, 5) is 0. The number of aryl methyl sites for hydroxylation is 1. The predicted molar refractivity (Wildman–Crippen MR) is 132 cm³/mol. The van der Waals surface area contributed by atoms with Crippen LogP contribution in [0.15, 0.2) is 30.3 Å². The maximum Gasteiger partial charge on any atom is -0.0398 e. The molecule has 4 aliphatic rings. The van der Waals surface area contributed by atoms with E-state index in [0.717, 1.165) is 23.7 Å². The highest BCUT2D eigenvalue weighted by Crippen LogP contribution is 2.26. The summed E-state index contributed by atoms with van der Waals surface area (Å²) in [5.74, 6) is 4.23. The van der Waals surface area contributed by atoms with Gasteiger partial charge in [-0.15, -0.1) is 0 Å². The lowest BCUT2D eigenvalue weighted by atomic mass is 9.88. The van der Waals surface area contributed by atoms with Crippen molar-refractivity contribution in [2.75, 3.05) is 0 Å². The molecular formula is C29H52. The summed E-state index contributed by atoms with van der Waals surface area (Å²) in [5, 5.41) is 0. The predicted octanol–water partition coefficient (Wildman–Crippen LogP) is 10.0. The van der Waals surface area contributed by atoms with Gasteiger partial charge in [0.05, 0.1) is 0 Å². The van der Waals surface area contributed by atoms with E-state index < -0.39 is 0 Å². The summed E-state index contributed by atoms with van der Waals surface area (Å²) < 4.78 is 0. The third-order valence-corrected chi connectivity index (χ3v) is 6.74. The Bertz CT molecular complexity index is 442. The zero-order valence-electron chi connectivity index (χ0n) is 20.6. The fourth-order valence-electron chi connectivity index (χ4n) is 3.75. The van der Waals surface area contributed by atoms with Crippen molar-refractivity contribution in [3.63, 3.8) is 0 Å². The quantitative estimate of drug-likeness (QED) is 0.406. The van der Waals surface area contributed by atoms with Crippen LogP contribution in [0.25, 0.3) is 0 Å². The zero-order chi connectivity index (χ0) is 21.3. The summed E-state index contributed by atoms with van der Waals surface area (Å²) in [6.07, 6.45) is 20.8. The summed E-state index contributed by atoms with van der Waals surface area (Å²) in [5.41, 5.74) is 1.32. The second-order valence-electron chi connectivity index (χ2n) is 10.5. The summed E-state index contributed by atoms with van der Waals surface area (Å²) >= 11 is 0. The van der Waals surface area contributed by atoms with Crippen LogP contribution in [0.3, 0.4) is 0 Å². The average molecular weight is 401 g/mol. The van der Waals surface area contributed by atoms with E-state index in [-0.39, 0.29) is 0 Å². The van der Waals surface area contributed by atoms with E-state index in [1.165, 1.54) is 95.5 Å². The largest absolute Gasteiger partial charge is 0.0625 e. The van der Waals surface area contributed by atoms with E-state index in [1.807, 2.05) is 18.2 Å². The number of hydrogen-bond acceptors (Lipinski definition) is 0. The van der Waals surface area contributed by atoms with Crippen LogP contribution < -0.4 is 0 Å². The van der Waals surface area contributed by atoms with Crippen molar-refractivity contribution in [3.8, 4) is 0 Å². The molecule has 0 aromatic heterocycles. The lowest BCUT2D eigenvalue weighted by Crippen LogP contribution is -2.04. The molecule has 0 heteroatoms. The van der Waals surface area contributed by atoms with Gasteiger partial charge in [0, 0.05) is 0 Å². The van der Waals surface area contributed by atoms with E-state index in [4.69, 9.17) is 0 Å². The highest BCUT2D eigenvalue weighted by molar-refractivity contribution is 5.11. The highest BCUT2D eigenvalue weighted by atomic mass is 14.2. The summed E-state index contributed by atoms with van der Waals surface area (Å²) in [6.45, 7) is 11.4. The minimum Gasteiger partial charge on any atom is -0.0625 e. The number of benzene rings is 1. The molecule has 5 rings (SSSR count).